The van der Waals surface area contributed by atoms with E-state index < -0.39 is 0 Å². The van der Waals surface area contributed by atoms with Gasteiger partial charge in [-0.05, 0) is 30.9 Å². The molecule has 0 N–H and O–H groups in total. The van der Waals surface area contributed by atoms with Crippen LogP contribution in [-0.2, 0) is 0 Å². The molecule has 0 spiro atoms. The van der Waals surface area contributed by atoms with Gasteiger partial charge in [0.15, 0.2) is 0 Å². The standard InChI is InChI=1S/C20H23N5O/c1-13-10-14(2)25-17(22-23-19(25)21-13)18(26)24-11-16(20(3,4)12-24)15-8-6-5-7-9-15/h5-10,16H,11-12H2,1-4H3/t16-/m1/s1. The topological polar surface area (TPSA) is 63.4 Å². The van der Waals surface area contributed by atoms with Crippen molar-refractivity contribution in [2.75, 3.05) is 13.1 Å². The molecule has 6 nitrogen and oxygen atoms in total. The normalized spacial score (nSPS) is 19.2. The second-order valence-electron chi connectivity index (χ2n) is 7.84. The van der Waals surface area contributed by atoms with Gasteiger partial charge in [0.2, 0.25) is 5.82 Å². The summed E-state index contributed by atoms with van der Waals surface area (Å²) in [6, 6.07) is 12.4. The summed E-state index contributed by atoms with van der Waals surface area (Å²) in [6.07, 6.45) is 0. The lowest BCUT2D eigenvalue weighted by Crippen LogP contribution is -2.32. The predicted octanol–water partition coefficient (Wildman–Crippen LogP) is 3.01. The molecule has 1 saturated heterocycles. The average molecular weight is 349 g/mol. The quantitative estimate of drug-likeness (QED) is 0.713. The highest BCUT2D eigenvalue weighted by molar-refractivity contribution is 5.91. The fraction of sp³-hybridized carbons (Fsp3) is 0.400. The molecule has 0 unspecified atom stereocenters. The van der Waals surface area contributed by atoms with Crippen LogP contribution in [-0.4, -0.2) is 43.5 Å². The highest BCUT2D eigenvalue weighted by atomic mass is 16.2. The highest BCUT2D eigenvalue weighted by Crippen LogP contribution is 2.42. The Bertz CT molecular complexity index is 977. The third-order valence-corrected chi connectivity index (χ3v) is 5.32. The molecular weight excluding hydrogens is 326 g/mol. The molecule has 1 fully saturated rings. The molecule has 3 heterocycles. The van der Waals surface area contributed by atoms with Gasteiger partial charge in [-0.1, -0.05) is 44.2 Å². The molecule has 1 aliphatic heterocycles. The Hall–Kier alpha value is -2.76. The Morgan fingerprint density at radius 2 is 1.88 bits per heavy atom. The lowest BCUT2D eigenvalue weighted by molar-refractivity contribution is 0.0764. The van der Waals surface area contributed by atoms with Gasteiger partial charge < -0.3 is 4.90 Å². The first-order valence-corrected chi connectivity index (χ1v) is 8.90. The molecular formula is C20H23N5O. The van der Waals surface area contributed by atoms with E-state index in [4.69, 9.17) is 0 Å². The van der Waals surface area contributed by atoms with E-state index in [1.165, 1.54) is 5.56 Å². The number of rotatable bonds is 2. The van der Waals surface area contributed by atoms with Gasteiger partial charge in [-0.25, -0.2) is 4.98 Å². The molecule has 4 rings (SSSR count). The van der Waals surface area contributed by atoms with Crippen LogP contribution < -0.4 is 0 Å². The number of benzene rings is 1. The molecule has 0 radical (unpaired) electrons. The largest absolute Gasteiger partial charge is 0.335 e. The Morgan fingerprint density at radius 1 is 1.15 bits per heavy atom. The van der Waals surface area contributed by atoms with Crippen molar-refractivity contribution in [2.24, 2.45) is 5.41 Å². The van der Waals surface area contributed by atoms with Gasteiger partial charge in [-0.2, -0.15) is 0 Å². The summed E-state index contributed by atoms with van der Waals surface area (Å²) in [5.41, 5.74) is 3.06. The molecule has 1 amide bonds. The van der Waals surface area contributed by atoms with Gasteiger partial charge in [0, 0.05) is 30.4 Å². The number of hydrogen-bond donors (Lipinski definition) is 0. The number of aryl methyl sites for hydroxylation is 2. The minimum absolute atomic E-state index is 0.00138. The minimum Gasteiger partial charge on any atom is -0.335 e. The molecule has 0 aliphatic carbocycles. The Kier molecular flexibility index (Phi) is 3.79. The molecule has 2 aromatic heterocycles. The van der Waals surface area contributed by atoms with Crippen LogP contribution in [0.1, 0.15) is 47.3 Å². The monoisotopic (exact) mass is 349 g/mol. The zero-order valence-electron chi connectivity index (χ0n) is 15.6. The summed E-state index contributed by atoms with van der Waals surface area (Å²) in [5, 5.41) is 8.25. The predicted molar refractivity (Wildman–Crippen MR) is 99.1 cm³/mol. The van der Waals surface area contributed by atoms with Gasteiger partial charge in [0.1, 0.15) is 0 Å². The van der Waals surface area contributed by atoms with Crippen molar-refractivity contribution in [1.29, 1.82) is 0 Å². The van der Waals surface area contributed by atoms with E-state index in [0.717, 1.165) is 11.4 Å². The fourth-order valence-electron chi connectivity index (χ4n) is 4.04. The summed E-state index contributed by atoms with van der Waals surface area (Å²) in [6.45, 7) is 9.67. The Balaban J connectivity index is 1.68. The molecule has 3 aromatic rings. The highest BCUT2D eigenvalue weighted by Gasteiger charge is 2.43. The van der Waals surface area contributed by atoms with Crippen molar-refractivity contribution in [3.63, 3.8) is 0 Å². The van der Waals surface area contributed by atoms with Crippen molar-refractivity contribution in [2.45, 2.75) is 33.6 Å². The smallest absolute Gasteiger partial charge is 0.292 e. The SMILES string of the molecule is Cc1cc(C)n2c(C(=O)N3C[C@H](c4ccccc4)C(C)(C)C3)nnc2n1. The first-order chi connectivity index (χ1) is 12.4. The zero-order chi connectivity index (χ0) is 18.5. The first kappa shape index (κ1) is 16.7. The van der Waals surface area contributed by atoms with Crippen LogP contribution >= 0.6 is 0 Å². The van der Waals surface area contributed by atoms with Crippen LogP contribution in [0.5, 0.6) is 0 Å². The molecule has 1 aliphatic rings. The maximum atomic E-state index is 13.2. The molecule has 134 valence electrons. The number of nitrogens with zero attached hydrogens (tertiary/aromatic N) is 5. The second kappa shape index (κ2) is 5.90. The summed E-state index contributed by atoms with van der Waals surface area (Å²) >= 11 is 0. The third-order valence-electron chi connectivity index (χ3n) is 5.32. The van der Waals surface area contributed by atoms with Gasteiger partial charge in [-0.3, -0.25) is 9.20 Å². The number of carbonyl (C=O) groups is 1. The molecule has 26 heavy (non-hydrogen) atoms. The number of aromatic nitrogens is 4. The van der Waals surface area contributed by atoms with Crippen LogP contribution in [0.2, 0.25) is 0 Å². The molecule has 6 heteroatoms. The lowest BCUT2D eigenvalue weighted by Gasteiger charge is -2.25. The van der Waals surface area contributed by atoms with Crippen molar-refractivity contribution < 1.29 is 4.79 Å². The lowest BCUT2D eigenvalue weighted by atomic mass is 9.78. The van der Waals surface area contributed by atoms with Crippen molar-refractivity contribution in [3.8, 4) is 0 Å². The average Bonchev–Trinajstić information content (AvgIpc) is 3.15. The van der Waals surface area contributed by atoms with Crippen LogP contribution in [0.25, 0.3) is 5.78 Å². The van der Waals surface area contributed by atoms with E-state index in [2.05, 4.69) is 53.3 Å². The molecule has 1 aromatic carbocycles. The fourth-order valence-corrected chi connectivity index (χ4v) is 4.04. The van der Waals surface area contributed by atoms with Crippen LogP contribution in [0.3, 0.4) is 0 Å². The maximum absolute atomic E-state index is 13.2. The van der Waals surface area contributed by atoms with Crippen LogP contribution in [0, 0.1) is 19.3 Å². The van der Waals surface area contributed by atoms with Gasteiger partial charge in [-0.15, -0.1) is 10.2 Å². The number of carbonyl (C=O) groups excluding carboxylic acids is 1. The van der Waals surface area contributed by atoms with Gasteiger partial charge >= 0.3 is 0 Å². The molecule has 0 bridgehead atoms. The van der Waals surface area contributed by atoms with E-state index in [-0.39, 0.29) is 11.3 Å². The van der Waals surface area contributed by atoms with Crippen molar-refractivity contribution in [1.82, 2.24) is 24.5 Å². The summed E-state index contributed by atoms with van der Waals surface area (Å²) in [4.78, 5) is 19.5. The van der Waals surface area contributed by atoms with Crippen molar-refractivity contribution in [3.05, 3.63) is 59.2 Å². The molecule has 0 saturated carbocycles. The van der Waals surface area contributed by atoms with E-state index >= 15 is 0 Å². The summed E-state index contributed by atoms with van der Waals surface area (Å²) < 4.78 is 1.75. The number of likely N-dealkylation sites (tertiary alicyclic amines) is 1. The van der Waals surface area contributed by atoms with E-state index in [0.29, 0.717) is 30.6 Å². The summed E-state index contributed by atoms with van der Waals surface area (Å²) in [5.74, 6) is 1.03. The van der Waals surface area contributed by atoms with E-state index in [1.54, 1.807) is 4.40 Å². The summed E-state index contributed by atoms with van der Waals surface area (Å²) in [7, 11) is 0. The first-order valence-electron chi connectivity index (χ1n) is 8.90. The van der Waals surface area contributed by atoms with Gasteiger partial charge in [0.05, 0.1) is 0 Å². The van der Waals surface area contributed by atoms with Gasteiger partial charge in [0.25, 0.3) is 11.7 Å². The molecule has 1 atom stereocenters. The number of fused-ring (bicyclic) bond motifs is 1. The van der Waals surface area contributed by atoms with Crippen molar-refractivity contribution >= 4 is 11.7 Å². The van der Waals surface area contributed by atoms with Crippen LogP contribution in [0.4, 0.5) is 0 Å². The minimum atomic E-state index is -0.0854. The third kappa shape index (κ3) is 2.66. The number of amides is 1. The zero-order valence-corrected chi connectivity index (χ0v) is 15.6. The Labute approximate surface area is 152 Å². The van der Waals surface area contributed by atoms with E-state index in [1.807, 2.05) is 30.9 Å². The maximum Gasteiger partial charge on any atom is 0.292 e. The Morgan fingerprint density at radius 3 is 2.62 bits per heavy atom. The van der Waals surface area contributed by atoms with E-state index in [9.17, 15) is 4.79 Å². The van der Waals surface area contributed by atoms with Crippen LogP contribution in [0.15, 0.2) is 36.4 Å². The second-order valence-corrected chi connectivity index (χ2v) is 7.84. The number of hydrogen-bond acceptors (Lipinski definition) is 4.